The van der Waals surface area contributed by atoms with Gasteiger partial charge in [0, 0.05) is 22.7 Å². The average molecular weight is 547 g/mol. The maximum absolute atomic E-state index is 11.9. The molecule has 1 heterocycles. The first-order valence-corrected chi connectivity index (χ1v) is 12.6. The molecule has 4 aromatic carbocycles. The molecule has 0 unspecified atom stereocenters. The van der Waals surface area contributed by atoms with E-state index in [-0.39, 0.29) is 11.9 Å². The van der Waals surface area contributed by atoms with Gasteiger partial charge in [0.05, 0.1) is 25.3 Å². The Bertz CT molecular complexity index is 1510. The number of rotatable bonds is 9. The number of nitrogens with zero attached hydrogens (tertiary/aromatic N) is 4. The van der Waals surface area contributed by atoms with Crippen molar-refractivity contribution >= 4 is 52.5 Å². The molecule has 0 fully saturated rings. The summed E-state index contributed by atoms with van der Waals surface area (Å²) in [5, 5.41) is 6.40. The zero-order valence-electron chi connectivity index (χ0n) is 22.3. The summed E-state index contributed by atoms with van der Waals surface area (Å²) in [6.07, 6.45) is 0. The van der Waals surface area contributed by atoms with E-state index in [1.54, 1.807) is 48.5 Å². The lowest BCUT2D eigenvalue weighted by Gasteiger charge is -2.24. The lowest BCUT2D eigenvalue weighted by Crippen LogP contribution is -2.16. The first kappa shape index (κ1) is 26.8. The van der Waals surface area contributed by atoms with Gasteiger partial charge in [0.15, 0.2) is 0 Å². The highest BCUT2D eigenvalue weighted by atomic mass is 16.5. The van der Waals surface area contributed by atoms with Gasteiger partial charge >= 0.3 is 11.9 Å². The molecule has 0 aliphatic heterocycles. The Hall–Kier alpha value is -5.77. The fourth-order valence-electron chi connectivity index (χ4n) is 3.98. The van der Waals surface area contributed by atoms with Crippen LogP contribution in [-0.2, 0) is 9.47 Å². The van der Waals surface area contributed by atoms with Crippen LogP contribution in [0.15, 0.2) is 109 Å². The van der Waals surface area contributed by atoms with Crippen molar-refractivity contribution in [2.45, 2.75) is 0 Å². The van der Waals surface area contributed by atoms with E-state index >= 15 is 0 Å². The number of carbonyl (C=O) groups is 2. The highest BCUT2D eigenvalue weighted by molar-refractivity contribution is 5.90. The molecule has 1 aromatic heterocycles. The molecule has 0 amide bonds. The minimum Gasteiger partial charge on any atom is -0.465 e. The first-order valence-electron chi connectivity index (χ1n) is 12.6. The van der Waals surface area contributed by atoms with Gasteiger partial charge in [0.2, 0.25) is 17.8 Å². The van der Waals surface area contributed by atoms with Gasteiger partial charge in [-0.1, -0.05) is 36.4 Å². The lowest BCUT2D eigenvalue weighted by molar-refractivity contribution is 0.0592. The summed E-state index contributed by atoms with van der Waals surface area (Å²) in [5.41, 5.74) is 3.87. The second kappa shape index (κ2) is 12.4. The summed E-state index contributed by atoms with van der Waals surface area (Å²) >= 11 is 0. The third-order valence-corrected chi connectivity index (χ3v) is 5.98. The minimum absolute atomic E-state index is 0.270. The minimum atomic E-state index is -0.426. The molecule has 10 nitrogen and oxygen atoms in total. The number of nitrogens with one attached hydrogen (secondary N) is 2. The van der Waals surface area contributed by atoms with Crippen LogP contribution < -0.4 is 15.5 Å². The van der Waals surface area contributed by atoms with Crippen LogP contribution in [0.2, 0.25) is 0 Å². The smallest absolute Gasteiger partial charge is 0.337 e. The number of hydrogen-bond acceptors (Lipinski definition) is 10. The number of ether oxygens (including phenoxy) is 2. The maximum Gasteiger partial charge on any atom is 0.337 e. The fraction of sp³-hybridized carbons (Fsp3) is 0.0645. The summed E-state index contributed by atoms with van der Waals surface area (Å²) < 4.78 is 9.58. The number of carbonyl (C=O) groups excluding carboxylic acids is 2. The topological polar surface area (TPSA) is 119 Å². The fourth-order valence-corrected chi connectivity index (χ4v) is 3.98. The number of para-hydroxylation sites is 2. The van der Waals surface area contributed by atoms with Crippen molar-refractivity contribution in [2.24, 2.45) is 0 Å². The quantitative estimate of drug-likeness (QED) is 0.201. The van der Waals surface area contributed by atoms with Crippen molar-refractivity contribution in [3.63, 3.8) is 0 Å². The summed E-state index contributed by atoms with van der Waals surface area (Å²) in [7, 11) is 2.67. The highest BCUT2D eigenvalue weighted by Gasteiger charge is 2.18. The van der Waals surface area contributed by atoms with Gasteiger partial charge in [0.1, 0.15) is 0 Å². The molecule has 0 aliphatic carbocycles. The molecule has 5 rings (SSSR count). The molecule has 0 saturated carbocycles. The van der Waals surface area contributed by atoms with E-state index in [0.717, 1.165) is 11.4 Å². The van der Waals surface area contributed by atoms with E-state index < -0.39 is 11.9 Å². The number of hydrogen-bond donors (Lipinski definition) is 2. The summed E-state index contributed by atoms with van der Waals surface area (Å²) in [4.78, 5) is 39.7. The van der Waals surface area contributed by atoms with Crippen molar-refractivity contribution in [1.82, 2.24) is 15.0 Å². The van der Waals surface area contributed by atoms with E-state index in [9.17, 15) is 9.59 Å². The molecule has 5 aromatic rings. The summed E-state index contributed by atoms with van der Waals surface area (Å²) in [6.45, 7) is 0. The van der Waals surface area contributed by atoms with Crippen molar-refractivity contribution < 1.29 is 19.1 Å². The Kier molecular flexibility index (Phi) is 8.11. The summed E-state index contributed by atoms with van der Waals surface area (Å²) in [6, 6.07) is 33.1. The molecule has 10 heteroatoms. The zero-order chi connectivity index (χ0) is 28.6. The van der Waals surface area contributed by atoms with Crippen LogP contribution in [0.25, 0.3) is 0 Å². The van der Waals surface area contributed by atoms with E-state index in [4.69, 9.17) is 19.4 Å². The molecule has 41 heavy (non-hydrogen) atoms. The first-order chi connectivity index (χ1) is 20.0. The molecule has 0 bridgehead atoms. The zero-order valence-corrected chi connectivity index (χ0v) is 22.3. The van der Waals surface area contributed by atoms with Crippen LogP contribution in [0, 0.1) is 0 Å². The predicted octanol–water partition coefficient (Wildman–Crippen LogP) is 6.40. The van der Waals surface area contributed by atoms with E-state index in [1.807, 2.05) is 65.6 Å². The Morgan fingerprint density at radius 1 is 0.561 bits per heavy atom. The van der Waals surface area contributed by atoms with Gasteiger partial charge in [-0.2, -0.15) is 15.0 Å². The van der Waals surface area contributed by atoms with Crippen LogP contribution in [0.4, 0.5) is 40.6 Å². The lowest BCUT2D eigenvalue weighted by atomic mass is 10.2. The van der Waals surface area contributed by atoms with Gasteiger partial charge in [-0.3, -0.25) is 4.90 Å². The predicted molar refractivity (Wildman–Crippen MR) is 157 cm³/mol. The Morgan fingerprint density at radius 2 is 0.951 bits per heavy atom. The van der Waals surface area contributed by atoms with Gasteiger partial charge < -0.3 is 20.1 Å². The van der Waals surface area contributed by atoms with Crippen molar-refractivity contribution in [2.75, 3.05) is 29.8 Å². The summed E-state index contributed by atoms with van der Waals surface area (Å²) in [5.74, 6) is 0.0487. The van der Waals surface area contributed by atoms with Crippen LogP contribution in [-0.4, -0.2) is 41.1 Å². The Morgan fingerprint density at radius 3 is 1.32 bits per heavy atom. The number of benzene rings is 4. The second-order valence-corrected chi connectivity index (χ2v) is 8.68. The molecular weight excluding hydrogens is 520 g/mol. The molecule has 0 aliphatic rings. The molecule has 0 radical (unpaired) electrons. The highest BCUT2D eigenvalue weighted by Crippen LogP contribution is 2.33. The van der Waals surface area contributed by atoms with Crippen LogP contribution in [0.1, 0.15) is 20.7 Å². The second-order valence-electron chi connectivity index (χ2n) is 8.68. The molecular formula is C31H26N6O4. The molecule has 204 valence electrons. The van der Waals surface area contributed by atoms with Gasteiger partial charge in [-0.15, -0.1) is 0 Å². The maximum atomic E-state index is 11.9. The SMILES string of the molecule is COC(=O)c1ccc(Nc2nc(Nc3ccc(C(=O)OC)cc3)nc(N(c3ccccc3)c3ccccc3)n2)cc1. The monoisotopic (exact) mass is 546 g/mol. The number of esters is 2. The van der Waals surface area contributed by atoms with Gasteiger partial charge in [-0.05, 0) is 72.8 Å². The van der Waals surface area contributed by atoms with Crippen molar-refractivity contribution in [1.29, 1.82) is 0 Å². The molecule has 0 atom stereocenters. The average Bonchev–Trinajstić information content (AvgIpc) is 3.02. The van der Waals surface area contributed by atoms with Crippen molar-refractivity contribution in [3.8, 4) is 0 Å². The van der Waals surface area contributed by atoms with E-state index in [0.29, 0.717) is 28.5 Å². The molecule has 0 spiro atoms. The number of anilines is 7. The van der Waals surface area contributed by atoms with E-state index in [2.05, 4.69) is 15.6 Å². The third-order valence-electron chi connectivity index (χ3n) is 5.98. The van der Waals surface area contributed by atoms with Gasteiger partial charge in [-0.25, -0.2) is 9.59 Å². The molecule has 2 N–H and O–H groups in total. The number of aromatic nitrogens is 3. The van der Waals surface area contributed by atoms with Gasteiger partial charge in [0.25, 0.3) is 0 Å². The van der Waals surface area contributed by atoms with Crippen molar-refractivity contribution in [3.05, 3.63) is 120 Å². The van der Waals surface area contributed by atoms with Crippen LogP contribution in [0.3, 0.4) is 0 Å². The largest absolute Gasteiger partial charge is 0.465 e. The Balaban J connectivity index is 1.55. The van der Waals surface area contributed by atoms with Crippen LogP contribution >= 0.6 is 0 Å². The number of methoxy groups -OCH3 is 2. The van der Waals surface area contributed by atoms with Crippen LogP contribution in [0.5, 0.6) is 0 Å². The molecule has 0 saturated heterocycles. The standard InChI is InChI=1S/C31H26N6O4/c1-40-27(38)21-13-17-23(18-14-21)32-29-34-30(33-24-19-15-22(16-20-24)28(39)41-2)36-31(35-29)37(25-9-5-3-6-10-25)26-11-7-4-8-12-26/h3-20H,1-2H3,(H2,32,33,34,35,36). The van der Waals surface area contributed by atoms with E-state index in [1.165, 1.54) is 14.2 Å². The normalized spacial score (nSPS) is 10.4. The third kappa shape index (κ3) is 6.45. The Labute approximate surface area is 236 Å².